The molecule has 8 nitrogen and oxygen atoms in total. The van der Waals surface area contributed by atoms with E-state index >= 15 is 0 Å². The van der Waals surface area contributed by atoms with Gasteiger partial charge in [-0.2, -0.15) is 0 Å². The Hall–Kier alpha value is -2.23. The first-order valence-corrected chi connectivity index (χ1v) is 8.75. The van der Waals surface area contributed by atoms with Gasteiger partial charge >= 0.3 is 0 Å². The van der Waals surface area contributed by atoms with E-state index in [0.29, 0.717) is 12.3 Å². The Morgan fingerprint density at radius 3 is 2.67 bits per heavy atom. The smallest absolute Gasteiger partial charge is 0.256 e. The van der Waals surface area contributed by atoms with Gasteiger partial charge in [-0.25, -0.2) is 13.1 Å². The molecule has 1 amide bonds. The molecule has 0 unspecified atom stereocenters. The maximum absolute atomic E-state index is 12.3. The van der Waals surface area contributed by atoms with Gasteiger partial charge in [0.05, 0.1) is 4.90 Å². The summed E-state index contributed by atoms with van der Waals surface area (Å²) in [6.07, 6.45) is 0. The fourth-order valence-electron chi connectivity index (χ4n) is 1.91. The zero-order valence-electron chi connectivity index (χ0n) is 13.7. The van der Waals surface area contributed by atoms with Crippen molar-refractivity contribution in [2.24, 2.45) is 0 Å². The SMILES string of the molecule is Cc1cc(NC(=O)c2cccc(S(=O)(=O)NCCN(C)C)c2)no1. The number of rotatable bonds is 7. The molecule has 0 aliphatic heterocycles. The molecule has 0 atom stereocenters. The lowest BCUT2D eigenvalue weighted by Gasteiger charge is -2.11. The number of sulfonamides is 1. The summed E-state index contributed by atoms with van der Waals surface area (Å²) in [4.78, 5) is 14.1. The van der Waals surface area contributed by atoms with Crippen LogP contribution in [0.1, 0.15) is 16.1 Å². The van der Waals surface area contributed by atoms with Crippen LogP contribution in [0.25, 0.3) is 0 Å². The van der Waals surface area contributed by atoms with Gasteiger partial charge in [0.25, 0.3) is 5.91 Å². The fraction of sp³-hybridized carbons (Fsp3) is 0.333. The molecule has 1 heterocycles. The summed E-state index contributed by atoms with van der Waals surface area (Å²) in [7, 11) is 0.0326. The van der Waals surface area contributed by atoms with Crippen molar-refractivity contribution < 1.29 is 17.7 Å². The topological polar surface area (TPSA) is 105 Å². The zero-order valence-corrected chi connectivity index (χ0v) is 14.6. The summed E-state index contributed by atoms with van der Waals surface area (Å²) in [5, 5.41) is 6.22. The maximum Gasteiger partial charge on any atom is 0.256 e. The van der Waals surface area contributed by atoms with E-state index in [-0.39, 0.29) is 22.8 Å². The van der Waals surface area contributed by atoms with Crippen LogP contribution in [-0.2, 0) is 10.0 Å². The second-order valence-corrected chi connectivity index (χ2v) is 7.27. The molecule has 1 aromatic carbocycles. The Labute approximate surface area is 140 Å². The Morgan fingerprint density at radius 1 is 1.29 bits per heavy atom. The third-order valence-electron chi connectivity index (χ3n) is 3.13. The van der Waals surface area contributed by atoms with E-state index in [1.54, 1.807) is 13.0 Å². The molecule has 0 saturated heterocycles. The molecule has 24 heavy (non-hydrogen) atoms. The number of hydrogen-bond donors (Lipinski definition) is 2. The van der Waals surface area contributed by atoms with E-state index in [0.717, 1.165) is 0 Å². The Balaban J connectivity index is 2.11. The molecule has 130 valence electrons. The van der Waals surface area contributed by atoms with E-state index in [1.807, 2.05) is 19.0 Å². The second kappa shape index (κ2) is 7.56. The van der Waals surface area contributed by atoms with Crippen LogP contribution in [-0.4, -0.2) is 51.6 Å². The second-order valence-electron chi connectivity index (χ2n) is 5.51. The fourth-order valence-corrected chi connectivity index (χ4v) is 2.97. The van der Waals surface area contributed by atoms with E-state index < -0.39 is 15.9 Å². The highest BCUT2D eigenvalue weighted by molar-refractivity contribution is 7.89. The predicted molar refractivity (Wildman–Crippen MR) is 89.4 cm³/mol. The number of hydrogen-bond acceptors (Lipinski definition) is 6. The lowest BCUT2D eigenvalue weighted by molar-refractivity contribution is 0.102. The van der Waals surface area contributed by atoms with Gasteiger partial charge in [0.15, 0.2) is 5.82 Å². The minimum Gasteiger partial charge on any atom is -0.360 e. The van der Waals surface area contributed by atoms with Crippen LogP contribution in [0.4, 0.5) is 5.82 Å². The van der Waals surface area contributed by atoms with Crippen molar-refractivity contribution in [3.05, 3.63) is 41.7 Å². The Kier molecular flexibility index (Phi) is 5.71. The monoisotopic (exact) mass is 352 g/mol. The summed E-state index contributed by atoms with van der Waals surface area (Å²) in [5.74, 6) is 0.371. The minimum absolute atomic E-state index is 0.0326. The van der Waals surface area contributed by atoms with E-state index in [4.69, 9.17) is 4.52 Å². The molecule has 0 spiro atoms. The van der Waals surface area contributed by atoms with E-state index in [1.165, 1.54) is 24.3 Å². The van der Waals surface area contributed by atoms with Crippen molar-refractivity contribution in [3.8, 4) is 0 Å². The van der Waals surface area contributed by atoms with Gasteiger partial charge in [-0.3, -0.25) is 4.79 Å². The molecule has 0 aliphatic rings. The molecule has 0 aliphatic carbocycles. The number of aromatic nitrogens is 1. The number of likely N-dealkylation sites (N-methyl/N-ethyl adjacent to an activating group) is 1. The molecule has 0 radical (unpaired) electrons. The highest BCUT2D eigenvalue weighted by Gasteiger charge is 2.16. The minimum atomic E-state index is -3.67. The Bertz CT molecular complexity index is 814. The van der Waals surface area contributed by atoms with Crippen molar-refractivity contribution in [1.82, 2.24) is 14.8 Å². The summed E-state index contributed by atoms with van der Waals surface area (Å²) < 4.78 is 31.9. The quantitative estimate of drug-likeness (QED) is 0.772. The summed E-state index contributed by atoms with van der Waals surface area (Å²) in [6, 6.07) is 7.38. The molecule has 0 saturated carbocycles. The normalized spacial score (nSPS) is 11.7. The van der Waals surface area contributed by atoms with Gasteiger partial charge in [-0.15, -0.1) is 0 Å². The van der Waals surface area contributed by atoms with Crippen molar-refractivity contribution >= 4 is 21.7 Å². The number of carbonyl (C=O) groups is 1. The largest absolute Gasteiger partial charge is 0.360 e. The number of carbonyl (C=O) groups excluding carboxylic acids is 1. The van der Waals surface area contributed by atoms with Crippen LogP contribution < -0.4 is 10.0 Å². The van der Waals surface area contributed by atoms with Crippen LogP contribution in [0.15, 0.2) is 39.8 Å². The molecule has 0 fully saturated rings. The lowest BCUT2D eigenvalue weighted by atomic mass is 10.2. The lowest BCUT2D eigenvalue weighted by Crippen LogP contribution is -2.31. The first-order valence-electron chi connectivity index (χ1n) is 7.27. The molecular weight excluding hydrogens is 332 g/mol. The van der Waals surface area contributed by atoms with Gasteiger partial charge in [0.2, 0.25) is 10.0 Å². The van der Waals surface area contributed by atoms with Crippen molar-refractivity contribution in [2.45, 2.75) is 11.8 Å². The number of benzene rings is 1. The average molecular weight is 352 g/mol. The summed E-state index contributed by atoms with van der Waals surface area (Å²) in [5.41, 5.74) is 0.214. The van der Waals surface area contributed by atoms with Gasteiger partial charge in [-0.05, 0) is 39.2 Å². The summed E-state index contributed by atoms with van der Waals surface area (Å²) >= 11 is 0. The van der Waals surface area contributed by atoms with Crippen LogP contribution >= 0.6 is 0 Å². The van der Waals surface area contributed by atoms with Gasteiger partial charge in [0.1, 0.15) is 5.76 Å². The number of nitrogens with one attached hydrogen (secondary N) is 2. The number of amides is 1. The maximum atomic E-state index is 12.3. The van der Waals surface area contributed by atoms with Crippen LogP contribution in [0.5, 0.6) is 0 Å². The van der Waals surface area contributed by atoms with E-state index in [2.05, 4.69) is 15.2 Å². The molecule has 2 aromatic rings. The van der Waals surface area contributed by atoms with Crippen molar-refractivity contribution in [3.63, 3.8) is 0 Å². The molecule has 0 bridgehead atoms. The van der Waals surface area contributed by atoms with Crippen LogP contribution in [0, 0.1) is 6.92 Å². The molecule has 9 heteroatoms. The highest BCUT2D eigenvalue weighted by atomic mass is 32.2. The van der Waals surface area contributed by atoms with E-state index in [9.17, 15) is 13.2 Å². The van der Waals surface area contributed by atoms with Gasteiger partial charge in [-0.1, -0.05) is 11.2 Å². The first kappa shape index (κ1) is 18.1. The molecule has 1 aromatic heterocycles. The van der Waals surface area contributed by atoms with Crippen molar-refractivity contribution in [1.29, 1.82) is 0 Å². The standard InChI is InChI=1S/C15H20N4O4S/c1-11-9-14(18-23-11)17-15(20)12-5-4-6-13(10-12)24(21,22)16-7-8-19(2)3/h4-6,9-10,16H,7-8H2,1-3H3,(H,17,18,20). The number of nitrogens with zero attached hydrogens (tertiary/aromatic N) is 2. The zero-order chi connectivity index (χ0) is 17.7. The first-order chi connectivity index (χ1) is 11.3. The number of anilines is 1. The van der Waals surface area contributed by atoms with Gasteiger partial charge < -0.3 is 14.7 Å². The molecule has 2 rings (SSSR count). The molecular formula is C15H20N4O4S. The van der Waals surface area contributed by atoms with Gasteiger partial charge in [0, 0.05) is 24.7 Å². The highest BCUT2D eigenvalue weighted by Crippen LogP contribution is 2.14. The Morgan fingerprint density at radius 2 is 2.04 bits per heavy atom. The number of aryl methyl sites for hydroxylation is 1. The predicted octanol–water partition coefficient (Wildman–Crippen LogP) is 1.08. The third kappa shape index (κ3) is 4.88. The van der Waals surface area contributed by atoms with Crippen LogP contribution in [0.3, 0.4) is 0 Å². The molecule has 2 N–H and O–H groups in total. The summed E-state index contributed by atoms with van der Waals surface area (Å²) in [6.45, 7) is 2.56. The van der Waals surface area contributed by atoms with Crippen molar-refractivity contribution in [2.75, 3.05) is 32.5 Å². The average Bonchev–Trinajstić information content (AvgIpc) is 2.92. The van der Waals surface area contributed by atoms with Crippen LogP contribution in [0.2, 0.25) is 0 Å². The third-order valence-corrected chi connectivity index (χ3v) is 4.59.